The molecular weight excluding hydrogens is 593 g/mol. The SMILES string of the molecule is Cc1nc(C(=O)Nc2cc(C(=O)CC[C@](C)(O)c3cc4c(c(-c5ccc(F)cc5)n3)OC[C@]4(C)C(N)=O)cc3cccnc23)co1. The molecule has 0 saturated heterocycles. The van der Waals surface area contributed by atoms with E-state index < -0.39 is 28.6 Å². The molecule has 0 aliphatic carbocycles. The number of aromatic nitrogens is 3. The van der Waals surface area contributed by atoms with Gasteiger partial charge in [-0.1, -0.05) is 6.07 Å². The highest BCUT2D eigenvalue weighted by molar-refractivity contribution is 6.10. The zero-order chi connectivity index (χ0) is 32.8. The number of nitrogens with zero attached hydrogens (tertiary/aromatic N) is 3. The van der Waals surface area contributed by atoms with Gasteiger partial charge in [-0.3, -0.25) is 19.4 Å². The lowest BCUT2D eigenvalue weighted by Gasteiger charge is -2.26. The molecule has 2 amide bonds. The van der Waals surface area contributed by atoms with Crippen LogP contribution in [0.5, 0.6) is 5.75 Å². The fourth-order valence-corrected chi connectivity index (χ4v) is 5.40. The van der Waals surface area contributed by atoms with Crippen LogP contribution in [0.1, 0.15) is 64.7 Å². The predicted molar refractivity (Wildman–Crippen MR) is 166 cm³/mol. The van der Waals surface area contributed by atoms with Gasteiger partial charge in [0.15, 0.2) is 17.4 Å². The second kappa shape index (κ2) is 11.5. The van der Waals surface area contributed by atoms with E-state index >= 15 is 0 Å². The van der Waals surface area contributed by atoms with Crippen LogP contribution in [0.4, 0.5) is 10.1 Å². The first-order chi connectivity index (χ1) is 21.9. The molecule has 0 fully saturated rings. The van der Waals surface area contributed by atoms with Gasteiger partial charge in [0.25, 0.3) is 5.91 Å². The number of carbonyl (C=O) groups excluding carboxylic acids is 3. The van der Waals surface area contributed by atoms with E-state index in [4.69, 9.17) is 14.9 Å². The van der Waals surface area contributed by atoms with E-state index in [2.05, 4.69) is 20.3 Å². The number of benzene rings is 2. The van der Waals surface area contributed by atoms with E-state index in [0.717, 1.165) is 0 Å². The molecule has 4 N–H and O–H groups in total. The Labute approximate surface area is 262 Å². The average Bonchev–Trinajstić information content (AvgIpc) is 3.63. The van der Waals surface area contributed by atoms with Crippen LogP contribution in [-0.2, 0) is 15.8 Å². The maximum absolute atomic E-state index is 13.7. The number of amides is 2. The van der Waals surface area contributed by atoms with Crippen LogP contribution in [0.15, 0.2) is 71.5 Å². The van der Waals surface area contributed by atoms with Gasteiger partial charge >= 0.3 is 0 Å². The van der Waals surface area contributed by atoms with Crippen LogP contribution in [-0.4, -0.2) is 44.3 Å². The van der Waals surface area contributed by atoms with Crippen molar-refractivity contribution in [2.24, 2.45) is 5.73 Å². The minimum atomic E-state index is -1.64. The van der Waals surface area contributed by atoms with Gasteiger partial charge in [0.05, 0.1) is 16.9 Å². The van der Waals surface area contributed by atoms with E-state index in [1.807, 2.05) is 0 Å². The number of oxazole rings is 1. The Morgan fingerprint density at radius 1 is 1.13 bits per heavy atom. The number of nitrogens with one attached hydrogen (secondary N) is 1. The van der Waals surface area contributed by atoms with Crippen molar-refractivity contribution in [3.63, 3.8) is 0 Å². The van der Waals surface area contributed by atoms with Crippen LogP contribution in [0, 0.1) is 12.7 Å². The molecule has 1 aliphatic heterocycles. The molecule has 0 bridgehead atoms. The maximum atomic E-state index is 13.7. The highest BCUT2D eigenvalue weighted by Crippen LogP contribution is 2.46. The predicted octanol–water partition coefficient (Wildman–Crippen LogP) is 4.99. The summed E-state index contributed by atoms with van der Waals surface area (Å²) < 4.78 is 24.8. The van der Waals surface area contributed by atoms with E-state index in [1.54, 1.807) is 44.3 Å². The van der Waals surface area contributed by atoms with Gasteiger partial charge in [0, 0.05) is 41.6 Å². The number of aryl methyl sites for hydroxylation is 1. The number of hydrogen-bond acceptors (Lipinski definition) is 9. The summed E-state index contributed by atoms with van der Waals surface area (Å²) in [6.07, 6.45) is 2.68. The smallest absolute Gasteiger partial charge is 0.277 e. The Bertz CT molecular complexity index is 2020. The van der Waals surface area contributed by atoms with Gasteiger partial charge in [-0.2, -0.15) is 0 Å². The van der Waals surface area contributed by atoms with Crippen LogP contribution in [0.25, 0.3) is 22.2 Å². The molecule has 0 spiro atoms. The fourth-order valence-electron chi connectivity index (χ4n) is 5.40. The molecule has 234 valence electrons. The standard InChI is InChI=1S/C34H30FN5O6/c1-18-38-25(16-45-18)31(42)39-24-14-21(13-20-5-4-12-37-28(20)24)26(41)10-11-34(3,44)27-15-23-30(46-17-33(23,2)32(36)43)29(40-27)19-6-8-22(35)9-7-19/h4-9,12-16,44H,10-11,17H2,1-3H3,(H2,36,43)(H,39,42)/t33-,34-/m0/s1. The summed E-state index contributed by atoms with van der Waals surface area (Å²) in [6, 6.07) is 13.9. The number of rotatable bonds is 9. The first-order valence-corrected chi connectivity index (χ1v) is 14.5. The van der Waals surface area contributed by atoms with Crippen molar-refractivity contribution in [1.29, 1.82) is 0 Å². The van der Waals surface area contributed by atoms with Gasteiger partial charge in [-0.15, -0.1) is 0 Å². The summed E-state index contributed by atoms with van der Waals surface area (Å²) in [6.45, 7) is 4.76. The number of aliphatic hydroxyl groups is 1. The van der Waals surface area contributed by atoms with Crippen molar-refractivity contribution in [1.82, 2.24) is 15.0 Å². The number of primary amides is 1. The number of halogens is 1. The second-order valence-electron chi connectivity index (χ2n) is 11.7. The van der Waals surface area contributed by atoms with Crippen molar-refractivity contribution in [2.45, 2.75) is 44.6 Å². The summed E-state index contributed by atoms with van der Waals surface area (Å²) >= 11 is 0. The number of carbonyl (C=O) groups is 3. The Balaban J connectivity index is 1.31. The minimum Gasteiger partial charge on any atom is -0.489 e. The highest BCUT2D eigenvalue weighted by Gasteiger charge is 2.45. The van der Waals surface area contributed by atoms with Crippen LogP contribution in [0.2, 0.25) is 0 Å². The molecule has 5 aromatic rings. The Kier molecular flexibility index (Phi) is 7.61. The first kappa shape index (κ1) is 30.5. The fraction of sp³-hybridized carbons (Fsp3) is 0.235. The molecule has 46 heavy (non-hydrogen) atoms. The molecule has 0 saturated carbocycles. The van der Waals surface area contributed by atoms with Gasteiger partial charge < -0.3 is 25.3 Å². The number of ether oxygens (including phenoxy) is 1. The van der Waals surface area contributed by atoms with E-state index in [0.29, 0.717) is 50.6 Å². The van der Waals surface area contributed by atoms with Crippen LogP contribution in [0.3, 0.4) is 0 Å². The van der Waals surface area contributed by atoms with E-state index in [-0.39, 0.29) is 36.6 Å². The summed E-state index contributed by atoms with van der Waals surface area (Å²) in [5.74, 6) is -1.23. The summed E-state index contributed by atoms with van der Waals surface area (Å²) in [5.41, 5.74) is 5.56. The number of fused-ring (bicyclic) bond motifs is 2. The molecule has 0 radical (unpaired) electrons. The Morgan fingerprint density at radius 2 is 1.89 bits per heavy atom. The monoisotopic (exact) mass is 623 g/mol. The molecule has 0 unspecified atom stereocenters. The van der Waals surface area contributed by atoms with Crippen LogP contribution >= 0.6 is 0 Å². The lowest BCUT2D eigenvalue weighted by atomic mass is 9.81. The first-order valence-electron chi connectivity index (χ1n) is 14.5. The number of anilines is 1. The zero-order valence-corrected chi connectivity index (χ0v) is 25.3. The lowest BCUT2D eigenvalue weighted by Crippen LogP contribution is -2.40. The maximum Gasteiger partial charge on any atom is 0.277 e. The molecule has 3 aromatic heterocycles. The molecule has 11 nitrogen and oxygen atoms in total. The van der Waals surface area contributed by atoms with Gasteiger partial charge in [-0.25, -0.2) is 14.4 Å². The third-order valence-corrected chi connectivity index (χ3v) is 8.25. The van der Waals surface area contributed by atoms with Gasteiger partial charge in [-0.05, 0) is 68.8 Å². The zero-order valence-electron chi connectivity index (χ0n) is 25.3. The highest BCUT2D eigenvalue weighted by atomic mass is 19.1. The summed E-state index contributed by atoms with van der Waals surface area (Å²) in [7, 11) is 0. The molecule has 1 aliphatic rings. The Hall–Kier alpha value is -5.49. The van der Waals surface area contributed by atoms with Crippen molar-refractivity contribution in [3.8, 4) is 17.0 Å². The topological polar surface area (TPSA) is 171 Å². The molecular formula is C34H30FN5O6. The quantitative estimate of drug-likeness (QED) is 0.191. The van der Waals surface area contributed by atoms with Crippen molar-refractivity contribution in [3.05, 3.63) is 101 Å². The van der Waals surface area contributed by atoms with Gasteiger partial charge in [0.1, 0.15) is 41.1 Å². The van der Waals surface area contributed by atoms with Crippen molar-refractivity contribution >= 4 is 34.2 Å². The number of ketones is 1. The third-order valence-electron chi connectivity index (χ3n) is 8.25. The second-order valence-corrected chi connectivity index (χ2v) is 11.7. The molecule has 2 aromatic carbocycles. The normalized spacial score (nSPS) is 16.8. The summed E-state index contributed by atoms with van der Waals surface area (Å²) in [4.78, 5) is 52.0. The molecule has 6 rings (SSSR count). The molecule has 2 atom stereocenters. The number of hydrogen-bond donors (Lipinski definition) is 3. The van der Waals surface area contributed by atoms with Crippen LogP contribution < -0.4 is 15.8 Å². The molecule has 4 heterocycles. The Morgan fingerprint density at radius 3 is 2.59 bits per heavy atom. The lowest BCUT2D eigenvalue weighted by molar-refractivity contribution is -0.123. The van der Waals surface area contributed by atoms with Gasteiger partial charge in [0.2, 0.25) is 5.91 Å². The van der Waals surface area contributed by atoms with Crippen molar-refractivity contribution < 1.29 is 33.0 Å². The number of nitrogens with two attached hydrogens (primary N) is 1. The minimum absolute atomic E-state index is 0.0242. The number of Topliss-reactive ketones (excluding diaryl/α,β-unsaturated/α-hetero) is 1. The third kappa shape index (κ3) is 5.58. The van der Waals surface area contributed by atoms with Crippen molar-refractivity contribution in [2.75, 3.05) is 11.9 Å². The number of pyridine rings is 2. The van der Waals surface area contributed by atoms with E-state index in [1.165, 1.54) is 43.5 Å². The largest absolute Gasteiger partial charge is 0.489 e. The molecule has 12 heteroatoms. The average molecular weight is 624 g/mol. The summed E-state index contributed by atoms with van der Waals surface area (Å²) in [5, 5.41) is 15.1. The van der Waals surface area contributed by atoms with E-state index in [9.17, 15) is 23.9 Å².